The lowest BCUT2D eigenvalue weighted by molar-refractivity contribution is 0.0622. The van der Waals surface area contributed by atoms with Gasteiger partial charge < -0.3 is 9.47 Å². The second-order valence-electron chi connectivity index (χ2n) is 7.54. The Hall–Kier alpha value is -2.88. The fourth-order valence-electron chi connectivity index (χ4n) is 3.25. The summed E-state index contributed by atoms with van der Waals surface area (Å²) < 4.78 is 15.8. The predicted octanol–water partition coefficient (Wildman–Crippen LogP) is 5.36. The lowest BCUT2D eigenvalue weighted by Crippen LogP contribution is -2.41. The number of aromatic nitrogens is 1. The van der Waals surface area contributed by atoms with Gasteiger partial charge >= 0.3 is 0 Å². The highest BCUT2D eigenvalue weighted by Gasteiger charge is 2.25. The van der Waals surface area contributed by atoms with Crippen molar-refractivity contribution >= 4 is 5.91 Å². The van der Waals surface area contributed by atoms with Crippen molar-refractivity contribution in [2.75, 3.05) is 0 Å². The number of hydrogen-bond donors (Lipinski definition) is 0. The van der Waals surface area contributed by atoms with E-state index in [1.165, 1.54) is 17.7 Å². The zero-order chi connectivity index (χ0) is 20.1. The van der Waals surface area contributed by atoms with Crippen LogP contribution in [0.25, 0.3) is 0 Å². The molecule has 28 heavy (non-hydrogen) atoms. The first-order valence-corrected chi connectivity index (χ1v) is 9.70. The molecule has 0 aliphatic heterocycles. The number of carbonyl (C=O) groups is 1. The van der Waals surface area contributed by atoms with Gasteiger partial charge in [-0.25, -0.2) is 4.39 Å². The molecule has 0 fully saturated rings. The number of rotatable bonds is 7. The van der Waals surface area contributed by atoms with Gasteiger partial charge in [-0.2, -0.15) is 0 Å². The molecule has 146 valence electrons. The predicted molar refractivity (Wildman–Crippen MR) is 111 cm³/mol. The van der Waals surface area contributed by atoms with Gasteiger partial charge in [-0.05, 0) is 48.7 Å². The molecule has 3 aromatic rings. The van der Waals surface area contributed by atoms with Gasteiger partial charge in [0.05, 0.1) is 6.54 Å². The lowest BCUT2D eigenvalue weighted by Gasteiger charge is -2.32. The molecule has 1 amide bonds. The van der Waals surface area contributed by atoms with Gasteiger partial charge in [0.15, 0.2) is 0 Å². The monoisotopic (exact) mass is 378 g/mol. The van der Waals surface area contributed by atoms with Crippen molar-refractivity contribution in [3.05, 3.63) is 95.6 Å². The van der Waals surface area contributed by atoms with Gasteiger partial charge in [0, 0.05) is 30.0 Å². The molecular formula is C24H27FN2O. The topological polar surface area (TPSA) is 25.2 Å². The lowest BCUT2D eigenvalue weighted by atomic mass is 10.0. The number of benzene rings is 2. The van der Waals surface area contributed by atoms with Crippen LogP contribution in [0, 0.1) is 11.7 Å². The van der Waals surface area contributed by atoms with Crippen molar-refractivity contribution in [2.24, 2.45) is 5.92 Å². The Morgan fingerprint density at radius 1 is 1.00 bits per heavy atom. The summed E-state index contributed by atoms with van der Waals surface area (Å²) in [6.07, 6.45) is 2.03. The second kappa shape index (κ2) is 8.87. The normalized spacial score (nSPS) is 12.2. The van der Waals surface area contributed by atoms with E-state index in [0.717, 1.165) is 12.2 Å². The highest BCUT2D eigenvalue weighted by atomic mass is 19.1. The molecule has 0 saturated carbocycles. The molecule has 0 aliphatic carbocycles. The van der Waals surface area contributed by atoms with E-state index in [0.29, 0.717) is 12.1 Å². The maximum atomic E-state index is 13.7. The van der Waals surface area contributed by atoms with Gasteiger partial charge in [-0.3, -0.25) is 4.79 Å². The van der Waals surface area contributed by atoms with Gasteiger partial charge in [-0.1, -0.05) is 50.2 Å². The van der Waals surface area contributed by atoms with Gasteiger partial charge in [-0.15, -0.1) is 0 Å². The van der Waals surface area contributed by atoms with Crippen molar-refractivity contribution in [1.82, 2.24) is 9.47 Å². The van der Waals surface area contributed by atoms with E-state index in [4.69, 9.17) is 0 Å². The summed E-state index contributed by atoms with van der Waals surface area (Å²) in [6.45, 7) is 7.47. The summed E-state index contributed by atoms with van der Waals surface area (Å²) in [6, 6.07) is 20.2. The minimum absolute atomic E-state index is 0.0239. The third kappa shape index (κ3) is 4.69. The second-order valence-corrected chi connectivity index (χ2v) is 7.54. The maximum absolute atomic E-state index is 13.7. The molecule has 3 rings (SSSR count). The molecule has 2 aromatic carbocycles. The number of amides is 1. The number of carbonyl (C=O) groups excluding carboxylic acids is 1. The molecule has 4 heteroatoms. The summed E-state index contributed by atoms with van der Waals surface area (Å²) in [4.78, 5) is 15.0. The first kappa shape index (κ1) is 19.9. The van der Waals surface area contributed by atoms with Crippen molar-refractivity contribution in [3.63, 3.8) is 0 Å². The molecular weight excluding hydrogens is 351 g/mol. The molecule has 1 heterocycles. The van der Waals surface area contributed by atoms with Crippen LogP contribution in [0.3, 0.4) is 0 Å². The van der Waals surface area contributed by atoms with Crippen LogP contribution in [0.2, 0.25) is 0 Å². The third-order valence-electron chi connectivity index (χ3n) is 5.24. The third-order valence-corrected chi connectivity index (χ3v) is 5.24. The van der Waals surface area contributed by atoms with Crippen molar-refractivity contribution in [1.29, 1.82) is 0 Å². The maximum Gasteiger partial charge on any atom is 0.254 e. The summed E-state index contributed by atoms with van der Waals surface area (Å²) >= 11 is 0. The van der Waals surface area contributed by atoms with Crippen LogP contribution in [-0.4, -0.2) is 21.4 Å². The smallest absolute Gasteiger partial charge is 0.254 e. The van der Waals surface area contributed by atoms with Crippen LogP contribution in [0.5, 0.6) is 0 Å². The van der Waals surface area contributed by atoms with E-state index in [-0.39, 0.29) is 17.9 Å². The summed E-state index contributed by atoms with van der Waals surface area (Å²) in [5, 5.41) is 0. The van der Waals surface area contributed by atoms with Crippen molar-refractivity contribution < 1.29 is 9.18 Å². The Morgan fingerprint density at radius 2 is 1.75 bits per heavy atom. The molecule has 0 aliphatic rings. The zero-order valence-electron chi connectivity index (χ0n) is 16.7. The summed E-state index contributed by atoms with van der Waals surface area (Å²) in [5.41, 5.74) is 2.65. The van der Waals surface area contributed by atoms with Crippen LogP contribution >= 0.6 is 0 Å². The van der Waals surface area contributed by atoms with E-state index in [1.54, 1.807) is 12.1 Å². The van der Waals surface area contributed by atoms with Crippen molar-refractivity contribution in [3.8, 4) is 0 Å². The van der Waals surface area contributed by atoms with E-state index < -0.39 is 5.82 Å². The van der Waals surface area contributed by atoms with Crippen LogP contribution < -0.4 is 0 Å². The quantitative estimate of drug-likeness (QED) is 0.543. The Balaban J connectivity index is 1.87. The molecule has 1 aromatic heterocycles. The van der Waals surface area contributed by atoms with Gasteiger partial charge in [0.2, 0.25) is 0 Å². The Bertz CT molecular complexity index is 917. The average Bonchev–Trinajstić information content (AvgIpc) is 3.12. The molecule has 0 spiro atoms. The largest absolute Gasteiger partial charge is 0.345 e. The standard InChI is InChI=1S/C24H27FN2O/c1-18(2)19(3)27(24(28)21-11-7-12-22(25)15-21)17-23-13-8-14-26(23)16-20-9-5-4-6-10-20/h4-15,18-19H,16-17H2,1-3H3. The van der Waals surface area contributed by atoms with E-state index in [2.05, 4.69) is 30.5 Å². The van der Waals surface area contributed by atoms with E-state index in [1.807, 2.05) is 48.4 Å². The molecule has 3 nitrogen and oxygen atoms in total. The number of hydrogen-bond acceptors (Lipinski definition) is 1. The van der Waals surface area contributed by atoms with Crippen LogP contribution in [0.15, 0.2) is 72.9 Å². The molecule has 1 unspecified atom stereocenters. The summed E-state index contributed by atoms with van der Waals surface area (Å²) in [7, 11) is 0. The SMILES string of the molecule is CC(C)C(C)N(Cc1cccn1Cc1ccccc1)C(=O)c1cccc(F)c1. The Morgan fingerprint density at radius 3 is 2.43 bits per heavy atom. The first-order valence-electron chi connectivity index (χ1n) is 9.70. The fraction of sp³-hybridized carbons (Fsp3) is 0.292. The Labute approximate surface area is 166 Å². The highest BCUT2D eigenvalue weighted by molar-refractivity contribution is 5.94. The van der Waals surface area contributed by atoms with Crippen molar-refractivity contribution in [2.45, 2.75) is 39.9 Å². The molecule has 0 N–H and O–H groups in total. The highest BCUT2D eigenvalue weighted by Crippen LogP contribution is 2.20. The van der Waals surface area contributed by atoms with Crippen LogP contribution in [-0.2, 0) is 13.1 Å². The van der Waals surface area contributed by atoms with Gasteiger partial charge in [0.1, 0.15) is 5.82 Å². The molecule has 0 saturated heterocycles. The Kier molecular flexibility index (Phi) is 6.30. The molecule has 1 atom stereocenters. The van der Waals surface area contributed by atoms with Crippen LogP contribution in [0.4, 0.5) is 4.39 Å². The fourth-order valence-corrected chi connectivity index (χ4v) is 3.25. The number of halogens is 1. The van der Waals surface area contributed by atoms with Crippen LogP contribution in [0.1, 0.15) is 42.4 Å². The molecule has 0 bridgehead atoms. The minimum atomic E-state index is -0.393. The van der Waals surface area contributed by atoms with E-state index in [9.17, 15) is 9.18 Å². The molecule has 0 radical (unpaired) electrons. The van der Waals surface area contributed by atoms with E-state index >= 15 is 0 Å². The zero-order valence-corrected chi connectivity index (χ0v) is 16.7. The minimum Gasteiger partial charge on any atom is -0.345 e. The van der Waals surface area contributed by atoms with Gasteiger partial charge in [0.25, 0.3) is 5.91 Å². The summed E-state index contributed by atoms with van der Waals surface area (Å²) in [5.74, 6) is -0.251. The number of nitrogens with zero attached hydrogens (tertiary/aromatic N) is 2. The average molecular weight is 378 g/mol. The first-order chi connectivity index (χ1) is 13.5.